The molecule has 2 rings (SSSR count). The minimum absolute atomic E-state index is 0.0466. The molecule has 0 radical (unpaired) electrons. The van der Waals surface area contributed by atoms with Gasteiger partial charge in [0, 0.05) is 13.2 Å². The predicted octanol–water partition coefficient (Wildman–Crippen LogP) is 2.48. The lowest BCUT2D eigenvalue weighted by molar-refractivity contribution is 0.0427. The Labute approximate surface area is 126 Å². The maximum absolute atomic E-state index is 12.6. The first-order valence-corrected chi connectivity index (χ1v) is 7.77. The molecular formula is C16H27N3O2. The molecule has 0 aliphatic heterocycles. The van der Waals surface area contributed by atoms with Gasteiger partial charge in [-0.3, -0.25) is 9.48 Å². The average Bonchev–Trinajstić information content (AvgIpc) is 3.07. The van der Waals surface area contributed by atoms with E-state index in [-0.39, 0.29) is 24.0 Å². The Morgan fingerprint density at radius 2 is 2.10 bits per heavy atom. The van der Waals surface area contributed by atoms with Gasteiger partial charge in [0.25, 0.3) is 5.91 Å². The topological polar surface area (TPSA) is 58.4 Å². The zero-order valence-electron chi connectivity index (χ0n) is 13.5. The molecule has 1 atom stereocenters. The van der Waals surface area contributed by atoms with Crippen LogP contribution in [0.5, 0.6) is 0 Å². The number of nitrogens with zero attached hydrogens (tertiary/aromatic N) is 3. The van der Waals surface area contributed by atoms with Crippen molar-refractivity contribution >= 4 is 5.91 Å². The van der Waals surface area contributed by atoms with E-state index in [9.17, 15) is 9.90 Å². The van der Waals surface area contributed by atoms with Gasteiger partial charge in [-0.25, -0.2) is 0 Å². The van der Waals surface area contributed by atoms with Crippen molar-refractivity contribution in [2.75, 3.05) is 13.7 Å². The third kappa shape index (κ3) is 3.46. The molecule has 1 amide bonds. The Balaban J connectivity index is 2.12. The maximum Gasteiger partial charge on any atom is 0.274 e. The molecule has 1 aromatic rings. The van der Waals surface area contributed by atoms with Gasteiger partial charge in [0.2, 0.25) is 0 Å². The number of hydrogen-bond donors (Lipinski definition) is 1. The second kappa shape index (κ2) is 6.18. The molecule has 21 heavy (non-hydrogen) atoms. The van der Waals surface area contributed by atoms with Gasteiger partial charge in [0.1, 0.15) is 5.69 Å². The minimum Gasteiger partial charge on any atom is -0.394 e. The number of rotatable bonds is 4. The van der Waals surface area contributed by atoms with Crippen molar-refractivity contribution in [3.63, 3.8) is 0 Å². The zero-order valence-corrected chi connectivity index (χ0v) is 13.5. The van der Waals surface area contributed by atoms with E-state index in [0.29, 0.717) is 11.7 Å². The van der Waals surface area contributed by atoms with Crippen LogP contribution in [-0.2, 0) is 0 Å². The van der Waals surface area contributed by atoms with Crippen molar-refractivity contribution in [3.8, 4) is 0 Å². The molecule has 0 saturated heterocycles. The van der Waals surface area contributed by atoms with Crippen LogP contribution in [0.15, 0.2) is 12.3 Å². The van der Waals surface area contributed by atoms with Crippen molar-refractivity contribution in [1.82, 2.24) is 14.7 Å². The second-order valence-corrected chi connectivity index (χ2v) is 7.10. The number of aliphatic hydroxyl groups excluding tert-OH is 1. The summed E-state index contributed by atoms with van der Waals surface area (Å²) in [6, 6.07) is 2.00. The van der Waals surface area contributed by atoms with Crippen LogP contribution in [0.4, 0.5) is 0 Å². The number of amides is 1. The third-order valence-corrected chi connectivity index (χ3v) is 4.49. The first-order valence-electron chi connectivity index (χ1n) is 7.77. The molecular weight excluding hydrogens is 266 g/mol. The van der Waals surface area contributed by atoms with Gasteiger partial charge in [0.15, 0.2) is 0 Å². The Morgan fingerprint density at radius 1 is 1.48 bits per heavy atom. The van der Waals surface area contributed by atoms with E-state index >= 15 is 0 Å². The summed E-state index contributed by atoms with van der Waals surface area (Å²) in [5.74, 6) is -0.124. The Morgan fingerprint density at radius 3 is 2.62 bits per heavy atom. The van der Waals surface area contributed by atoms with E-state index in [1.165, 1.54) is 12.8 Å². The molecule has 1 aliphatic rings. The number of carbonyl (C=O) groups excluding carboxylic acids is 1. The zero-order chi connectivity index (χ0) is 15.6. The molecule has 0 bridgehead atoms. The largest absolute Gasteiger partial charge is 0.394 e. The highest BCUT2D eigenvalue weighted by atomic mass is 16.3. The van der Waals surface area contributed by atoms with Crippen LogP contribution in [0.3, 0.4) is 0 Å². The van der Waals surface area contributed by atoms with E-state index in [0.717, 1.165) is 12.8 Å². The number of hydrogen-bond acceptors (Lipinski definition) is 3. The summed E-state index contributed by atoms with van der Waals surface area (Å²) in [5.41, 5.74) is 0.291. The quantitative estimate of drug-likeness (QED) is 0.928. The van der Waals surface area contributed by atoms with Gasteiger partial charge in [-0.1, -0.05) is 33.6 Å². The monoisotopic (exact) mass is 293 g/mol. The van der Waals surface area contributed by atoms with Gasteiger partial charge in [-0.05, 0) is 24.3 Å². The standard InChI is InChI=1S/C16H27N3O2/c1-16(2,3)14(11-20)18(4)15(21)13-9-10-19(17-13)12-7-5-6-8-12/h9-10,12,14,20H,5-8,11H2,1-4H3. The van der Waals surface area contributed by atoms with Crippen LogP contribution in [0.1, 0.15) is 63.0 Å². The average molecular weight is 293 g/mol. The highest BCUT2D eigenvalue weighted by Crippen LogP contribution is 2.29. The molecule has 118 valence electrons. The molecule has 0 spiro atoms. The van der Waals surface area contributed by atoms with Gasteiger partial charge in [-0.2, -0.15) is 5.10 Å². The first kappa shape index (κ1) is 16.0. The summed E-state index contributed by atoms with van der Waals surface area (Å²) < 4.78 is 1.93. The van der Waals surface area contributed by atoms with E-state index in [1.807, 2.05) is 31.6 Å². The minimum atomic E-state index is -0.221. The Bertz CT molecular complexity index is 484. The summed E-state index contributed by atoms with van der Waals surface area (Å²) in [6.45, 7) is 6.02. The number of aliphatic hydroxyl groups is 1. The Hall–Kier alpha value is -1.36. The van der Waals surface area contributed by atoms with Crippen molar-refractivity contribution in [3.05, 3.63) is 18.0 Å². The van der Waals surface area contributed by atoms with Gasteiger partial charge in [0.05, 0.1) is 18.7 Å². The third-order valence-electron chi connectivity index (χ3n) is 4.49. The molecule has 1 N–H and O–H groups in total. The summed E-state index contributed by atoms with van der Waals surface area (Å²) in [5, 5.41) is 14.0. The van der Waals surface area contributed by atoms with Crippen LogP contribution in [0.2, 0.25) is 0 Å². The number of aromatic nitrogens is 2. The molecule has 1 saturated carbocycles. The highest BCUT2D eigenvalue weighted by molar-refractivity contribution is 5.92. The smallest absolute Gasteiger partial charge is 0.274 e. The van der Waals surface area contributed by atoms with E-state index in [4.69, 9.17) is 0 Å². The van der Waals surface area contributed by atoms with Crippen LogP contribution < -0.4 is 0 Å². The lowest BCUT2D eigenvalue weighted by atomic mass is 9.86. The molecule has 1 unspecified atom stereocenters. The summed E-state index contributed by atoms with van der Waals surface area (Å²) >= 11 is 0. The maximum atomic E-state index is 12.6. The van der Waals surface area contributed by atoms with Crippen molar-refractivity contribution in [1.29, 1.82) is 0 Å². The van der Waals surface area contributed by atoms with Crippen molar-refractivity contribution < 1.29 is 9.90 Å². The molecule has 5 nitrogen and oxygen atoms in total. The molecule has 1 aromatic heterocycles. The molecule has 1 fully saturated rings. The van der Waals surface area contributed by atoms with E-state index < -0.39 is 0 Å². The van der Waals surface area contributed by atoms with Crippen molar-refractivity contribution in [2.24, 2.45) is 5.41 Å². The fraction of sp³-hybridized carbons (Fsp3) is 0.750. The number of carbonyl (C=O) groups is 1. The summed E-state index contributed by atoms with van der Waals surface area (Å²) in [6.07, 6.45) is 6.68. The fourth-order valence-corrected chi connectivity index (χ4v) is 3.12. The Kier molecular flexibility index (Phi) is 4.71. The molecule has 5 heteroatoms. The van der Waals surface area contributed by atoms with Crippen molar-refractivity contribution in [2.45, 2.75) is 58.5 Å². The number of likely N-dealkylation sites (N-methyl/N-ethyl adjacent to an activating group) is 1. The summed E-state index contributed by atoms with van der Waals surface area (Å²) in [7, 11) is 1.74. The van der Waals surface area contributed by atoms with Gasteiger partial charge < -0.3 is 10.0 Å². The molecule has 0 aromatic carbocycles. The van der Waals surface area contributed by atoms with E-state index in [2.05, 4.69) is 5.10 Å². The normalized spacial score (nSPS) is 18.0. The van der Waals surface area contributed by atoms with Crippen LogP contribution in [0, 0.1) is 5.41 Å². The lowest BCUT2D eigenvalue weighted by Crippen LogP contribution is -2.47. The summed E-state index contributed by atoms with van der Waals surface area (Å²) in [4.78, 5) is 14.2. The lowest BCUT2D eigenvalue weighted by Gasteiger charge is -2.36. The highest BCUT2D eigenvalue weighted by Gasteiger charge is 2.32. The fourth-order valence-electron chi connectivity index (χ4n) is 3.12. The predicted molar refractivity (Wildman–Crippen MR) is 82.2 cm³/mol. The van der Waals surface area contributed by atoms with Crippen LogP contribution in [-0.4, -0.2) is 45.4 Å². The van der Waals surface area contributed by atoms with Gasteiger partial charge in [-0.15, -0.1) is 0 Å². The van der Waals surface area contributed by atoms with Gasteiger partial charge >= 0.3 is 0 Å². The molecule has 1 heterocycles. The van der Waals surface area contributed by atoms with E-state index in [1.54, 1.807) is 18.0 Å². The van der Waals surface area contributed by atoms with Crippen LogP contribution >= 0.6 is 0 Å². The molecule has 1 aliphatic carbocycles. The SMILES string of the molecule is CN(C(=O)c1ccn(C2CCCC2)n1)C(CO)C(C)(C)C. The first-order chi connectivity index (χ1) is 9.84. The van der Waals surface area contributed by atoms with Crippen LogP contribution in [0.25, 0.3) is 0 Å². The second-order valence-electron chi connectivity index (χ2n) is 7.10.